The number of carbonyl (C=O) groups is 1. The van der Waals surface area contributed by atoms with E-state index in [1.54, 1.807) is 0 Å². The first-order chi connectivity index (χ1) is 11.5. The number of thioether (sulfide) groups is 1. The predicted octanol–water partition coefficient (Wildman–Crippen LogP) is -0.105. The van der Waals surface area contributed by atoms with Gasteiger partial charge in [0.2, 0.25) is 0 Å². The molecule has 2 unspecified atom stereocenters. The molecule has 8 nitrogen and oxygen atoms in total. The van der Waals surface area contributed by atoms with Gasteiger partial charge < -0.3 is 20.7 Å². The van der Waals surface area contributed by atoms with E-state index in [0.717, 1.165) is 25.7 Å². The number of esters is 1. The van der Waals surface area contributed by atoms with Gasteiger partial charge in [0.15, 0.2) is 0 Å². The largest absolute Gasteiger partial charge is 0.464 e. The minimum Gasteiger partial charge on any atom is -0.464 e. The molecule has 0 amide bonds. The Morgan fingerprint density at radius 2 is 2.08 bits per heavy atom. The minimum atomic E-state index is -1.16. The van der Waals surface area contributed by atoms with E-state index in [2.05, 4.69) is 4.98 Å². The number of anilines is 1. The van der Waals surface area contributed by atoms with Crippen molar-refractivity contribution in [2.24, 2.45) is 5.92 Å². The maximum atomic E-state index is 12.0. The first-order valence-corrected chi connectivity index (χ1v) is 8.94. The van der Waals surface area contributed by atoms with E-state index >= 15 is 0 Å². The zero-order chi connectivity index (χ0) is 17.3. The number of carbonyl (C=O) groups excluding carboxylic acids is 1. The first-order valence-electron chi connectivity index (χ1n) is 8.00. The zero-order valence-corrected chi connectivity index (χ0v) is 13.9. The summed E-state index contributed by atoms with van der Waals surface area (Å²) in [7, 11) is 0. The smallest absolute Gasteiger partial charge is 0.350 e. The SMILES string of the molecule is Nc1ccn([C@@H]2S[C@H](COC(=O)C3CCCC3)C(O)C2O)c(=O)n1. The third-order valence-corrected chi connectivity index (χ3v) is 6.09. The molecule has 0 radical (unpaired) electrons. The maximum Gasteiger partial charge on any atom is 0.350 e. The third-order valence-electron chi connectivity index (χ3n) is 4.54. The van der Waals surface area contributed by atoms with Crippen LogP contribution in [0.5, 0.6) is 0 Å². The van der Waals surface area contributed by atoms with Crippen molar-refractivity contribution in [3.8, 4) is 0 Å². The Balaban J connectivity index is 1.64. The number of rotatable bonds is 4. The highest BCUT2D eigenvalue weighted by Crippen LogP contribution is 2.41. The molecule has 2 fully saturated rings. The van der Waals surface area contributed by atoms with Gasteiger partial charge in [0, 0.05) is 6.20 Å². The maximum absolute atomic E-state index is 12.0. The lowest BCUT2D eigenvalue weighted by Crippen LogP contribution is -2.36. The van der Waals surface area contributed by atoms with E-state index in [1.807, 2.05) is 0 Å². The highest BCUT2D eigenvalue weighted by atomic mass is 32.2. The Morgan fingerprint density at radius 1 is 1.38 bits per heavy atom. The predicted molar refractivity (Wildman–Crippen MR) is 88.3 cm³/mol. The molecular formula is C15H21N3O5S. The Kier molecular flexibility index (Phi) is 5.12. The van der Waals surface area contributed by atoms with Gasteiger partial charge in [-0.3, -0.25) is 9.36 Å². The van der Waals surface area contributed by atoms with E-state index in [4.69, 9.17) is 10.5 Å². The molecular weight excluding hydrogens is 334 g/mol. The number of aliphatic hydroxyl groups is 2. The van der Waals surface area contributed by atoms with Crippen LogP contribution in [0.2, 0.25) is 0 Å². The lowest BCUT2D eigenvalue weighted by molar-refractivity contribution is -0.149. The average molecular weight is 355 g/mol. The summed E-state index contributed by atoms with van der Waals surface area (Å²) in [6.07, 6.45) is 2.94. The summed E-state index contributed by atoms with van der Waals surface area (Å²) >= 11 is 1.19. The van der Waals surface area contributed by atoms with Crippen molar-refractivity contribution in [1.82, 2.24) is 9.55 Å². The van der Waals surface area contributed by atoms with Crippen LogP contribution < -0.4 is 11.4 Å². The second-order valence-electron chi connectivity index (χ2n) is 6.20. The van der Waals surface area contributed by atoms with Crippen LogP contribution in [0, 0.1) is 5.92 Å². The van der Waals surface area contributed by atoms with E-state index in [9.17, 15) is 19.8 Å². The van der Waals surface area contributed by atoms with Crippen molar-refractivity contribution in [1.29, 1.82) is 0 Å². The molecule has 2 heterocycles. The fourth-order valence-electron chi connectivity index (χ4n) is 3.16. The number of nitrogens with two attached hydrogens (primary N) is 1. The van der Waals surface area contributed by atoms with Crippen molar-refractivity contribution >= 4 is 23.5 Å². The molecule has 1 aliphatic carbocycles. The Labute approximate surface area is 143 Å². The average Bonchev–Trinajstić information content (AvgIpc) is 3.17. The molecule has 2 aliphatic rings. The van der Waals surface area contributed by atoms with Crippen LogP contribution in [0.15, 0.2) is 17.1 Å². The van der Waals surface area contributed by atoms with E-state index in [0.29, 0.717) is 0 Å². The van der Waals surface area contributed by atoms with Crippen molar-refractivity contribution in [3.05, 3.63) is 22.7 Å². The van der Waals surface area contributed by atoms with Gasteiger partial charge in [-0.05, 0) is 18.9 Å². The van der Waals surface area contributed by atoms with Crippen LogP contribution in [-0.4, -0.2) is 49.8 Å². The van der Waals surface area contributed by atoms with Crippen LogP contribution in [0.3, 0.4) is 0 Å². The fourth-order valence-corrected chi connectivity index (χ4v) is 4.60. The van der Waals surface area contributed by atoms with Gasteiger partial charge in [0.25, 0.3) is 0 Å². The highest BCUT2D eigenvalue weighted by molar-refractivity contribution is 8.00. The van der Waals surface area contributed by atoms with Crippen LogP contribution in [0.25, 0.3) is 0 Å². The summed E-state index contributed by atoms with van der Waals surface area (Å²) in [6.45, 7) is 0.00583. The van der Waals surface area contributed by atoms with Gasteiger partial charge in [-0.2, -0.15) is 4.98 Å². The molecule has 1 saturated heterocycles. The number of hydrogen-bond donors (Lipinski definition) is 3. The van der Waals surface area contributed by atoms with Gasteiger partial charge in [0.1, 0.15) is 23.9 Å². The van der Waals surface area contributed by atoms with Gasteiger partial charge in [-0.15, -0.1) is 11.8 Å². The molecule has 1 aliphatic heterocycles. The lowest BCUT2D eigenvalue weighted by atomic mass is 10.1. The summed E-state index contributed by atoms with van der Waals surface area (Å²) in [5, 5.41) is 19.2. The molecule has 9 heteroatoms. The summed E-state index contributed by atoms with van der Waals surface area (Å²) in [5.41, 5.74) is 4.86. The monoisotopic (exact) mass is 355 g/mol. The lowest BCUT2D eigenvalue weighted by Gasteiger charge is -2.17. The second kappa shape index (κ2) is 7.12. The fraction of sp³-hybridized carbons (Fsp3) is 0.667. The summed E-state index contributed by atoms with van der Waals surface area (Å²) < 4.78 is 6.54. The minimum absolute atomic E-state index is 0.00583. The van der Waals surface area contributed by atoms with Gasteiger partial charge in [0.05, 0.1) is 17.3 Å². The van der Waals surface area contributed by atoms with E-state index in [1.165, 1.54) is 28.6 Å². The third kappa shape index (κ3) is 3.42. The van der Waals surface area contributed by atoms with Gasteiger partial charge in [-0.25, -0.2) is 4.79 Å². The first kappa shape index (κ1) is 17.2. The van der Waals surface area contributed by atoms with Crippen molar-refractivity contribution in [3.63, 3.8) is 0 Å². The summed E-state index contributed by atoms with van der Waals surface area (Å²) in [6, 6.07) is 1.45. The van der Waals surface area contributed by atoms with Crippen LogP contribution in [-0.2, 0) is 9.53 Å². The number of nitrogens with zero attached hydrogens (tertiary/aromatic N) is 2. The van der Waals surface area contributed by atoms with Crippen molar-refractivity contribution in [2.75, 3.05) is 12.3 Å². The van der Waals surface area contributed by atoms with E-state index in [-0.39, 0.29) is 24.3 Å². The number of ether oxygens (including phenoxy) is 1. The van der Waals surface area contributed by atoms with Crippen molar-refractivity contribution in [2.45, 2.75) is 48.5 Å². The molecule has 0 aromatic carbocycles. The van der Waals surface area contributed by atoms with Gasteiger partial charge >= 0.3 is 11.7 Å². The molecule has 0 bridgehead atoms. The molecule has 3 rings (SSSR count). The standard InChI is InChI=1S/C15H21N3O5S/c16-10-5-6-18(15(22)17-10)13-12(20)11(19)9(24-13)7-23-14(21)8-3-1-2-4-8/h5-6,8-9,11-13,19-20H,1-4,7H2,(H2,16,17,22)/t9-,11?,12?,13-/m1/s1. The van der Waals surface area contributed by atoms with Gasteiger partial charge in [-0.1, -0.05) is 12.8 Å². The van der Waals surface area contributed by atoms with Crippen LogP contribution >= 0.6 is 11.8 Å². The number of nitrogen functional groups attached to an aromatic ring is 1. The molecule has 4 atom stereocenters. The summed E-state index contributed by atoms with van der Waals surface area (Å²) in [4.78, 5) is 27.5. The Hall–Kier alpha value is -1.58. The van der Waals surface area contributed by atoms with Crippen molar-refractivity contribution < 1.29 is 19.7 Å². The normalized spacial score (nSPS) is 30.6. The molecule has 1 aromatic rings. The zero-order valence-electron chi connectivity index (χ0n) is 13.1. The number of hydrogen-bond acceptors (Lipinski definition) is 8. The Bertz CT molecular complexity index is 661. The molecule has 0 spiro atoms. The molecule has 1 aromatic heterocycles. The molecule has 1 saturated carbocycles. The second-order valence-corrected chi connectivity index (χ2v) is 7.56. The highest BCUT2D eigenvalue weighted by Gasteiger charge is 2.44. The topological polar surface area (TPSA) is 128 Å². The molecule has 4 N–H and O–H groups in total. The number of aliphatic hydroxyl groups excluding tert-OH is 2. The van der Waals surface area contributed by atoms with Crippen LogP contribution in [0.1, 0.15) is 31.1 Å². The Morgan fingerprint density at radius 3 is 2.75 bits per heavy atom. The van der Waals surface area contributed by atoms with Crippen LogP contribution in [0.4, 0.5) is 5.82 Å². The van der Waals surface area contributed by atoms with E-state index < -0.39 is 28.5 Å². The summed E-state index contributed by atoms with van der Waals surface area (Å²) in [5.74, 6) is -0.209. The number of aromatic nitrogens is 2. The molecule has 132 valence electrons. The molecule has 24 heavy (non-hydrogen) atoms. The quantitative estimate of drug-likeness (QED) is 0.639.